The largest absolute Gasteiger partial charge is 0.496 e. The van der Waals surface area contributed by atoms with E-state index in [1.807, 2.05) is 0 Å². The zero-order chi connectivity index (χ0) is 23.6. The van der Waals surface area contributed by atoms with E-state index in [1.54, 1.807) is 6.92 Å². The Morgan fingerprint density at radius 3 is 2.31 bits per heavy atom. The standard InChI is InChI=1S/C21H18ClF3N4O3/c1-11-6-16(4-5-18(11)32-3)29-19(21(23,24)25)17(10-26-29)20(31)28-15-8-13(22)7-14(9-15)27-12(2)30/h4-10H,1-3H3,(H,27,30)(H,28,31). The third-order valence-corrected chi connectivity index (χ3v) is 4.60. The Kier molecular flexibility index (Phi) is 6.45. The summed E-state index contributed by atoms with van der Waals surface area (Å²) in [6.45, 7) is 2.96. The number of carbonyl (C=O) groups excluding carboxylic acids is 2. The summed E-state index contributed by atoms with van der Waals surface area (Å²) in [5.41, 5.74) is -0.807. The zero-order valence-electron chi connectivity index (χ0n) is 17.2. The van der Waals surface area contributed by atoms with E-state index < -0.39 is 23.3 Å². The number of amides is 2. The maximum absolute atomic E-state index is 13.9. The van der Waals surface area contributed by atoms with Crippen molar-refractivity contribution in [3.63, 3.8) is 0 Å². The van der Waals surface area contributed by atoms with E-state index in [-0.39, 0.29) is 28.0 Å². The molecule has 11 heteroatoms. The Hall–Kier alpha value is -3.53. The van der Waals surface area contributed by atoms with Gasteiger partial charge in [-0.1, -0.05) is 11.6 Å². The topological polar surface area (TPSA) is 85.2 Å². The summed E-state index contributed by atoms with van der Waals surface area (Å²) in [7, 11) is 1.45. The molecule has 3 aromatic rings. The Labute approximate surface area is 186 Å². The van der Waals surface area contributed by atoms with Gasteiger partial charge in [-0.3, -0.25) is 9.59 Å². The molecule has 0 fully saturated rings. The lowest BCUT2D eigenvalue weighted by molar-refractivity contribution is -0.143. The van der Waals surface area contributed by atoms with Gasteiger partial charge >= 0.3 is 6.18 Å². The second-order valence-electron chi connectivity index (χ2n) is 6.83. The third-order valence-electron chi connectivity index (χ3n) is 4.38. The lowest BCUT2D eigenvalue weighted by Crippen LogP contribution is -2.21. The number of ether oxygens (including phenoxy) is 1. The van der Waals surface area contributed by atoms with Gasteiger partial charge in [0.15, 0.2) is 5.69 Å². The minimum atomic E-state index is -4.87. The molecule has 32 heavy (non-hydrogen) atoms. The molecule has 0 saturated heterocycles. The highest BCUT2D eigenvalue weighted by Gasteiger charge is 2.40. The number of aryl methyl sites for hydroxylation is 1. The van der Waals surface area contributed by atoms with Crippen molar-refractivity contribution in [3.05, 3.63) is 64.4 Å². The first-order chi connectivity index (χ1) is 15.0. The molecule has 2 amide bonds. The number of benzene rings is 2. The van der Waals surface area contributed by atoms with Gasteiger partial charge in [-0.2, -0.15) is 18.3 Å². The molecule has 2 N–H and O–H groups in total. The fourth-order valence-electron chi connectivity index (χ4n) is 3.11. The van der Waals surface area contributed by atoms with Crippen LogP contribution in [0.2, 0.25) is 5.02 Å². The number of alkyl halides is 3. The Morgan fingerprint density at radius 2 is 1.75 bits per heavy atom. The number of nitrogens with zero attached hydrogens (tertiary/aromatic N) is 2. The Balaban J connectivity index is 2.00. The molecule has 168 valence electrons. The number of hydrogen-bond acceptors (Lipinski definition) is 4. The fraction of sp³-hybridized carbons (Fsp3) is 0.190. The molecule has 3 rings (SSSR count). The maximum atomic E-state index is 13.9. The van der Waals surface area contributed by atoms with Crippen LogP contribution in [0.1, 0.15) is 28.5 Å². The van der Waals surface area contributed by atoms with Crippen LogP contribution in [-0.4, -0.2) is 28.7 Å². The molecule has 0 bridgehead atoms. The molecule has 1 aromatic heterocycles. The first-order valence-corrected chi connectivity index (χ1v) is 9.57. The van der Waals surface area contributed by atoms with Gasteiger partial charge in [0, 0.05) is 23.3 Å². The van der Waals surface area contributed by atoms with Crippen LogP contribution in [0.4, 0.5) is 24.5 Å². The lowest BCUT2D eigenvalue weighted by atomic mass is 10.1. The number of rotatable bonds is 5. The second kappa shape index (κ2) is 8.91. The molecular formula is C21H18ClF3N4O3. The van der Waals surface area contributed by atoms with Crippen molar-refractivity contribution in [2.24, 2.45) is 0 Å². The zero-order valence-corrected chi connectivity index (χ0v) is 17.9. The molecule has 0 aliphatic heterocycles. The smallest absolute Gasteiger partial charge is 0.434 e. The molecule has 0 aliphatic rings. The van der Waals surface area contributed by atoms with E-state index in [0.29, 0.717) is 16.0 Å². The summed E-state index contributed by atoms with van der Waals surface area (Å²) in [6, 6.07) is 8.54. The normalized spacial score (nSPS) is 11.2. The number of methoxy groups -OCH3 is 1. The molecule has 2 aromatic carbocycles. The third kappa shape index (κ3) is 5.02. The highest BCUT2D eigenvalue weighted by molar-refractivity contribution is 6.31. The van der Waals surface area contributed by atoms with Gasteiger partial charge in [0.25, 0.3) is 5.91 Å². The minimum absolute atomic E-state index is 0.104. The van der Waals surface area contributed by atoms with Gasteiger partial charge in [0.2, 0.25) is 5.91 Å². The Bertz CT molecular complexity index is 1190. The predicted molar refractivity (Wildman–Crippen MR) is 114 cm³/mol. The highest BCUT2D eigenvalue weighted by Crippen LogP contribution is 2.35. The van der Waals surface area contributed by atoms with Crippen LogP contribution in [0.5, 0.6) is 5.75 Å². The van der Waals surface area contributed by atoms with E-state index in [9.17, 15) is 22.8 Å². The molecule has 0 atom stereocenters. The summed E-state index contributed by atoms with van der Waals surface area (Å²) >= 11 is 5.98. The average molecular weight is 467 g/mol. The summed E-state index contributed by atoms with van der Waals surface area (Å²) in [6.07, 6.45) is -4.02. The van der Waals surface area contributed by atoms with Gasteiger partial charge in [-0.15, -0.1) is 0 Å². The van der Waals surface area contributed by atoms with Crippen LogP contribution in [0, 0.1) is 6.92 Å². The Morgan fingerprint density at radius 1 is 1.09 bits per heavy atom. The van der Waals surface area contributed by atoms with Gasteiger partial charge < -0.3 is 15.4 Å². The molecule has 0 aliphatic carbocycles. The summed E-state index contributed by atoms with van der Waals surface area (Å²) < 4.78 is 47.5. The van der Waals surface area contributed by atoms with Crippen molar-refractivity contribution in [2.45, 2.75) is 20.0 Å². The van der Waals surface area contributed by atoms with Gasteiger partial charge in [0.05, 0.1) is 24.6 Å². The van der Waals surface area contributed by atoms with Crippen molar-refractivity contribution in [1.82, 2.24) is 9.78 Å². The van der Waals surface area contributed by atoms with Crippen LogP contribution in [0.3, 0.4) is 0 Å². The molecule has 0 unspecified atom stereocenters. The van der Waals surface area contributed by atoms with Crippen LogP contribution in [0.25, 0.3) is 5.69 Å². The van der Waals surface area contributed by atoms with Gasteiger partial charge in [-0.25, -0.2) is 4.68 Å². The van der Waals surface area contributed by atoms with Crippen molar-refractivity contribution < 1.29 is 27.5 Å². The number of aromatic nitrogens is 2. The lowest BCUT2D eigenvalue weighted by Gasteiger charge is -2.14. The average Bonchev–Trinajstić information content (AvgIpc) is 3.12. The molecule has 0 spiro atoms. The number of halogens is 4. The molecule has 0 saturated carbocycles. The number of hydrogen-bond donors (Lipinski definition) is 2. The predicted octanol–water partition coefficient (Wildman–Crippen LogP) is 5.07. The SMILES string of the molecule is COc1ccc(-n2ncc(C(=O)Nc3cc(Cl)cc(NC(C)=O)c3)c2C(F)(F)F)cc1C. The van der Waals surface area contributed by atoms with Gasteiger partial charge in [-0.05, 0) is 48.9 Å². The van der Waals surface area contributed by atoms with Crippen LogP contribution in [0.15, 0.2) is 42.6 Å². The number of carbonyl (C=O) groups is 2. The summed E-state index contributed by atoms with van der Waals surface area (Å²) in [5, 5.41) is 8.84. The molecule has 1 heterocycles. The first-order valence-electron chi connectivity index (χ1n) is 9.19. The maximum Gasteiger partial charge on any atom is 0.434 e. The van der Waals surface area contributed by atoms with Crippen molar-refractivity contribution in [1.29, 1.82) is 0 Å². The fourth-order valence-corrected chi connectivity index (χ4v) is 3.35. The van der Waals surface area contributed by atoms with E-state index in [4.69, 9.17) is 16.3 Å². The first kappa shape index (κ1) is 23.1. The second-order valence-corrected chi connectivity index (χ2v) is 7.27. The molecule has 7 nitrogen and oxygen atoms in total. The molecule has 0 radical (unpaired) electrons. The summed E-state index contributed by atoms with van der Waals surface area (Å²) in [5.74, 6) is -0.909. The van der Waals surface area contributed by atoms with E-state index >= 15 is 0 Å². The monoisotopic (exact) mass is 466 g/mol. The number of anilines is 2. The number of nitrogens with one attached hydrogen (secondary N) is 2. The van der Waals surface area contributed by atoms with Crippen LogP contribution in [-0.2, 0) is 11.0 Å². The van der Waals surface area contributed by atoms with E-state index in [2.05, 4.69) is 15.7 Å². The van der Waals surface area contributed by atoms with Crippen molar-refractivity contribution >= 4 is 34.8 Å². The highest BCUT2D eigenvalue weighted by atomic mass is 35.5. The van der Waals surface area contributed by atoms with Crippen LogP contribution < -0.4 is 15.4 Å². The quantitative estimate of drug-likeness (QED) is 0.549. The summed E-state index contributed by atoms with van der Waals surface area (Å²) in [4.78, 5) is 24.0. The van der Waals surface area contributed by atoms with Crippen molar-refractivity contribution in [2.75, 3.05) is 17.7 Å². The van der Waals surface area contributed by atoms with Crippen LogP contribution >= 0.6 is 11.6 Å². The van der Waals surface area contributed by atoms with E-state index in [1.165, 1.54) is 50.4 Å². The van der Waals surface area contributed by atoms with Gasteiger partial charge in [0.1, 0.15) is 5.75 Å². The van der Waals surface area contributed by atoms with Crippen molar-refractivity contribution in [3.8, 4) is 11.4 Å². The molecular weight excluding hydrogens is 449 g/mol. The minimum Gasteiger partial charge on any atom is -0.496 e. The van der Waals surface area contributed by atoms with E-state index in [0.717, 1.165) is 6.20 Å².